The lowest BCUT2D eigenvalue weighted by atomic mass is 10.2. The molecule has 1 aromatic carbocycles. The fourth-order valence-corrected chi connectivity index (χ4v) is 2.92. The summed E-state index contributed by atoms with van der Waals surface area (Å²) in [5.74, 6) is 0.203. The molecule has 6 heteroatoms. The maximum atomic E-state index is 13.7. The molecule has 23 heavy (non-hydrogen) atoms. The van der Waals surface area contributed by atoms with E-state index in [4.69, 9.17) is 0 Å². The van der Waals surface area contributed by atoms with E-state index < -0.39 is 5.95 Å². The lowest BCUT2D eigenvalue weighted by Crippen LogP contribution is -1.95. The molecule has 0 amide bonds. The van der Waals surface area contributed by atoms with Crippen LogP contribution in [0.4, 0.5) is 10.2 Å². The second kappa shape index (κ2) is 6.58. The predicted octanol–water partition coefficient (Wildman–Crippen LogP) is 4.30. The molecule has 0 atom stereocenters. The third-order valence-electron chi connectivity index (χ3n) is 3.15. The first kappa shape index (κ1) is 15.2. The Bertz CT molecular complexity index is 902. The minimum Gasteiger partial charge on any atom is -0.508 e. The van der Waals surface area contributed by atoms with Gasteiger partial charge in [-0.2, -0.15) is 4.39 Å². The van der Waals surface area contributed by atoms with Crippen molar-refractivity contribution < 1.29 is 9.50 Å². The molecule has 0 aliphatic carbocycles. The van der Waals surface area contributed by atoms with E-state index in [0.717, 1.165) is 15.2 Å². The van der Waals surface area contributed by atoms with Crippen molar-refractivity contribution in [3.8, 4) is 5.75 Å². The van der Waals surface area contributed by atoms with Crippen molar-refractivity contribution in [1.82, 2.24) is 9.97 Å². The Balaban J connectivity index is 1.74. The number of anilines is 1. The minimum atomic E-state index is -0.517. The lowest BCUT2D eigenvalue weighted by molar-refractivity contribution is 0.476. The molecular formula is C17H14FN3OS. The molecule has 0 saturated heterocycles. The number of thiazole rings is 1. The van der Waals surface area contributed by atoms with Gasteiger partial charge in [-0.15, -0.1) is 11.3 Å². The standard InChI is InChI=1S/C17H14FN3OS/c1-19-15-9-6-11(17(18)21-15)4-2-3-5-16-20-13-8-7-12(22)10-14(13)23-16/h2-10,22H,1H3,(H,19,21)/b4-2+,5-3+. The first-order valence-corrected chi connectivity index (χ1v) is 7.76. The molecular weight excluding hydrogens is 313 g/mol. The number of phenolic OH excluding ortho intramolecular Hbond substituents is 1. The summed E-state index contributed by atoms with van der Waals surface area (Å²) in [7, 11) is 1.69. The van der Waals surface area contributed by atoms with E-state index in [1.165, 1.54) is 11.3 Å². The summed E-state index contributed by atoms with van der Waals surface area (Å²) in [5.41, 5.74) is 1.26. The van der Waals surface area contributed by atoms with Crippen LogP contribution in [0.1, 0.15) is 10.6 Å². The molecule has 0 fully saturated rings. The Morgan fingerprint density at radius 3 is 2.74 bits per heavy atom. The average molecular weight is 327 g/mol. The molecule has 116 valence electrons. The summed E-state index contributed by atoms with van der Waals surface area (Å²) < 4.78 is 14.6. The van der Waals surface area contributed by atoms with Crippen molar-refractivity contribution in [3.05, 3.63) is 59.0 Å². The number of pyridine rings is 1. The van der Waals surface area contributed by atoms with Gasteiger partial charge in [0.2, 0.25) is 5.95 Å². The summed E-state index contributed by atoms with van der Waals surface area (Å²) in [6, 6.07) is 8.45. The average Bonchev–Trinajstić information content (AvgIpc) is 2.94. The monoisotopic (exact) mass is 327 g/mol. The van der Waals surface area contributed by atoms with Gasteiger partial charge in [0.25, 0.3) is 0 Å². The van der Waals surface area contributed by atoms with Crippen LogP contribution >= 0.6 is 11.3 Å². The smallest absolute Gasteiger partial charge is 0.222 e. The number of nitrogens with one attached hydrogen (secondary N) is 1. The molecule has 0 radical (unpaired) electrons. The molecule has 0 spiro atoms. The molecule has 3 aromatic rings. The number of fused-ring (bicyclic) bond motifs is 1. The molecule has 2 N–H and O–H groups in total. The third kappa shape index (κ3) is 3.54. The first-order valence-electron chi connectivity index (χ1n) is 6.94. The van der Waals surface area contributed by atoms with Crippen LogP contribution in [0.2, 0.25) is 0 Å². The highest BCUT2D eigenvalue weighted by atomic mass is 32.1. The van der Waals surface area contributed by atoms with Crippen LogP contribution in [-0.2, 0) is 0 Å². The molecule has 2 aromatic heterocycles. The zero-order valence-corrected chi connectivity index (χ0v) is 13.1. The van der Waals surface area contributed by atoms with E-state index >= 15 is 0 Å². The second-order valence-electron chi connectivity index (χ2n) is 4.75. The van der Waals surface area contributed by atoms with E-state index in [-0.39, 0.29) is 5.75 Å². The van der Waals surface area contributed by atoms with Crippen molar-refractivity contribution in [1.29, 1.82) is 0 Å². The van der Waals surface area contributed by atoms with E-state index in [0.29, 0.717) is 11.4 Å². The largest absolute Gasteiger partial charge is 0.508 e. The number of aromatic hydroxyl groups is 1. The highest BCUT2D eigenvalue weighted by Gasteiger charge is 2.02. The van der Waals surface area contributed by atoms with Crippen LogP contribution in [0.5, 0.6) is 5.75 Å². The predicted molar refractivity (Wildman–Crippen MR) is 93.1 cm³/mol. The fraction of sp³-hybridized carbons (Fsp3) is 0.0588. The van der Waals surface area contributed by atoms with E-state index in [1.54, 1.807) is 55.6 Å². The Morgan fingerprint density at radius 2 is 1.96 bits per heavy atom. The third-order valence-corrected chi connectivity index (χ3v) is 4.13. The van der Waals surface area contributed by atoms with Gasteiger partial charge in [0.15, 0.2) is 0 Å². The van der Waals surface area contributed by atoms with Gasteiger partial charge in [0.05, 0.1) is 10.2 Å². The zero-order chi connectivity index (χ0) is 16.2. The van der Waals surface area contributed by atoms with Crippen LogP contribution in [0.25, 0.3) is 22.4 Å². The molecule has 0 bridgehead atoms. The SMILES string of the molecule is CNc1ccc(/C=C/C=C/c2nc3ccc(O)cc3s2)c(F)n1. The van der Waals surface area contributed by atoms with Gasteiger partial charge in [-0.1, -0.05) is 18.2 Å². The maximum Gasteiger partial charge on any atom is 0.222 e. The summed E-state index contributed by atoms with van der Waals surface area (Å²) in [5, 5.41) is 13.1. The van der Waals surface area contributed by atoms with Crippen molar-refractivity contribution in [2.75, 3.05) is 12.4 Å². The number of allylic oxidation sites excluding steroid dienone is 2. The molecule has 0 saturated carbocycles. The molecule has 0 aliphatic rings. The number of phenols is 1. The highest BCUT2D eigenvalue weighted by Crippen LogP contribution is 2.26. The van der Waals surface area contributed by atoms with Gasteiger partial charge in [0.1, 0.15) is 16.6 Å². The fourth-order valence-electron chi connectivity index (χ4n) is 2.01. The summed E-state index contributed by atoms with van der Waals surface area (Å²) in [6.45, 7) is 0. The lowest BCUT2D eigenvalue weighted by Gasteiger charge is -2.00. The van der Waals surface area contributed by atoms with Crippen LogP contribution in [-0.4, -0.2) is 22.1 Å². The Morgan fingerprint density at radius 1 is 1.13 bits per heavy atom. The maximum absolute atomic E-state index is 13.7. The highest BCUT2D eigenvalue weighted by molar-refractivity contribution is 7.19. The second-order valence-corrected chi connectivity index (χ2v) is 5.81. The molecule has 3 rings (SSSR count). The van der Waals surface area contributed by atoms with Crippen LogP contribution in [0.3, 0.4) is 0 Å². The molecule has 4 nitrogen and oxygen atoms in total. The van der Waals surface area contributed by atoms with E-state index in [9.17, 15) is 9.50 Å². The minimum absolute atomic E-state index is 0.226. The van der Waals surface area contributed by atoms with E-state index in [1.807, 2.05) is 6.08 Å². The van der Waals surface area contributed by atoms with Gasteiger partial charge in [0, 0.05) is 12.6 Å². The number of rotatable bonds is 4. The van der Waals surface area contributed by atoms with Gasteiger partial charge < -0.3 is 10.4 Å². The number of hydrogen-bond donors (Lipinski definition) is 2. The van der Waals surface area contributed by atoms with Gasteiger partial charge in [-0.3, -0.25) is 0 Å². The normalized spacial score (nSPS) is 11.7. The quantitative estimate of drug-likeness (QED) is 0.554. The van der Waals surface area contributed by atoms with Crippen molar-refractivity contribution in [3.63, 3.8) is 0 Å². The van der Waals surface area contributed by atoms with Gasteiger partial charge >= 0.3 is 0 Å². The number of halogens is 1. The van der Waals surface area contributed by atoms with Gasteiger partial charge in [-0.05, 0) is 36.4 Å². The molecule has 0 aliphatic heterocycles. The Labute approximate surface area is 136 Å². The van der Waals surface area contributed by atoms with Crippen molar-refractivity contribution in [2.45, 2.75) is 0 Å². The van der Waals surface area contributed by atoms with Gasteiger partial charge in [-0.25, -0.2) is 9.97 Å². The first-order chi connectivity index (χ1) is 11.2. The topological polar surface area (TPSA) is 58.0 Å². The van der Waals surface area contributed by atoms with E-state index in [2.05, 4.69) is 15.3 Å². The van der Waals surface area contributed by atoms with Crippen LogP contribution in [0, 0.1) is 5.95 Å². The number of hydrogen-bond acceptors (Lipinski definition) is 5. The molecule has 0 unspecified atom stereocenters. The van der Waals surface area contributed by atoms with Crippen LogP contribution < -0.4 is 5.32 Å². The summed E-state index contributed by atoms with van der Waals surface area (Å²) in [4.78, 5) is 8.21. The Kier molecular flexibility index (Phi) is 4.34. The zero-order valence-electron chi connectivity index (χ0n) is 12.3. The number of nitrogens with zero attached hydrogens (tertiary/aromatic N) is 2. The van der Waals surface area contributed by atoms with Crippen LogP contribution in [0.15, 0.2) is 42.5 Å². The Hall–Kier alpha value is -2.73. The number of benzene rings is 1. The molecule has 2 heterocycles. The van der Waals surface area contributed by atoms with Crippen molar-refractivity contribution >= 4 is 39.5 Å². The van der Waals surface area contributed by atoms with Crippen molar-refractivity contribution in [2.24, 2.45) is 0 Å². The summed E-state index contributed by atoms with van der Waals surface area (Å²) >= 11 is 1.48. The summed E-state index contributed by atoms with van der Waals surface area (Å²) in [6.07, 6.45) is 7.02. The number of aromatic nitrogens is 2.